The van der Waals surface area contributed by atoms with Crippen molar-refractivity contribution in [2.24, 2.45) is 0 Å². The van der Waals surface area contributed by atoms with Crippen LogP contribution in [0.1, 0.15) is 45.8 Å². The summed E-state index contributed by atoms with van der Waals surface area (Å²) in [5.41, 5.74) is 3.21. The summed E-state index contributed by atoms with van der Waals surface area (Å²) < 4.78 is 22.4. The summed E-state index contributed by atoms with van der Waals surface area (Å²) in [7, 11) is 3.30. The summed E-state index contributed by atoms with van der Waals surface area (Å²) in [6, 6.07) is 4.10. The van der Waals surface area contributed by atoms with Gasteiger partial charge in [-0.2, -0.15) is 0 Å². The third kappa shape index (κ3) is 2.94. The van der Waals surface area contributed by atoms with E-state index >= 15 is 0 Å². The molecule has 2 aliphatic heterocycles. The maximum absolute atomic E-state index is 13.0. The van der Waals surface area contributed by atoms with E-state index in [1.807, 2.05) is 11.0 Å². The number of fused-ring (bicyclic) bond motifs is 2. The number of nitrogens with zero attached hydrogens (tertiary/aromatic N) is 2. The predicted molar refractivity (Wildman–Crippen MR) is 102 cm³/mol. The van der Waals surface area contributed by atoms with E-state index in [1.54, 1.807) is 28.1 Å². The Morgan fingerprint density at radius 3 is 2.43 bits per heavy atom. The van der Waals surface area contributed by atoms with Gasteiger partial charge in [0.25, 0.3) is 5.91 Å². The number of amides is 1. The van der Waals surface area contributed by atoms with E-state index in [0.29, 0.717) is 42.5 Å². The predicted octanol–water partition coefficient (Wildman–Crippen LogP) is 3.01. The summed E-state index contributed by atoms with van der Waals surface area (Å²) in [5, 5.41) is 3.91. The van der Waals surface area contributed by atoms with Crippen LogP contribution >= 0.6 is 0 Å². The highest BCUT2D eigenvalue weighted by Gasteiger charge is 2.43. The Morgan fingerprint density at radius 1 is 1.14 bits per heavy atom. The SMILES string of the molecule is COc1cc2c(cc1OC)C1(CCN(C(=O)c3c(C)noc3C)CC1)OCC2. The summed E-state index contributed by atoms with van der Waals surface area (Å²) in [5.74, 6) is 2.00. The van der Waals surface area contributed by atoms with Gasteiger partial charge in [0.05, 0.1) is 32.1 Å². The molecule has 1 spiro atoms. The number of likely N-dealkylation sites (tertiary alicyclic amines) is 1. The highest BCUT2D eigenvalue weighted by molar-refractivity contribution is 5.96. The first kappa shape index (κ1) is 18.8. The molecule has 0 atom stereocenters. The minimum Gasteiger partial charge on any atom is -0.493 e. The van der Waals surface area contributed by atoms with E-state index in [1.165, 1.54) is 5.56 Å². The number of methoxy groups -OCH3 is 2. The second-order valence-electron chi connectivity index (χ2n) is 7.45. The van der Waals surface area contributed by atoms with E-state index in [9.17, 15) is 4.79 Å². The van der Waals surface area contributed by atoms with Crippen molar-refractivity contribution in [1.29, 1.82) is 0 Å². The number of hydrogen-bond donors (Lipinski definition) is 0. The molecule has 7 nitrogen and oxygen atoms in total. The van der Waals surface area contributed by atoms with Crippen LogP contribution in [-0.2, 0) is 16.8 Å². The van der Waals surface area contributed by atoms with Crippen molar-refractivity contribution in [3.8, 4) is 11.5 Å². The Hall–Kier alpha value is -2.54. The molecule has 1 aromatic carbocycles. The Balaban J connectivity index is 1.59. The van der Waals surface area contributed by atoms with E-state index in [2.05, 4.69) is 11.2 Å². The van der Waals surface area contributed by atoms with Crippen LogP contribution in [0.5, 0.6) is 11.5 Å². The molecule has 0 bridgehead atoms. The van der Waals surface area contributed by atoms with Gasteiger partial charge < -0.3 is 23.6 Å². The van der Waals surface area contributed by atoms with Gasteiger partial charge in [0.15, 0.2) is 11.5 Å². The molecule has 7 heteroatoms. The Morgan fingerprint density at radius 2 is 1.82 bits per heavy atom. The first-order chi connectivity index (χ1) is 13.5. The molecule has 3 heterocycles. The van der Waals surface area contributed by atoms with Crippen LogP contribution in [0.2, 0.25) is 0 Å². The van der Waals surface area contributed by atoms with Crippen molar-refractivity contribution in [1.82, 2.24) is 10.1 Å². The van der Waals surface area contributed by atoms with Gasteiger partial charge in [-0.25, -0.2) is 0 Å². The van der Waals surface area contributed by atoms with Crippen LogP contribution in [0.15, 0.2) is 16.7 Å². The fourth-order valence-electron chi connectivity index (χ4n) is 4.42. The third-order valence-electron chi connectivity index (χ3n) is 5.96. The average molecular weight is 386 g/mol. The van der Waals surface area contributed by atoms with Gasteiger partial charge in [-0.05, 0) is 56.4 Å². The molecule has 150 valence electrons. The van der Waals surface area contributed by atoms with Gasteiger partial charge in [0, 0.05) is 13.1 Å². The Labute approximate surface area is 164 Å². The normalized spacial score (nSPS) is 18.1. The Bertz CT molecular complexity index is 877. The van der Waals surface area contributed by atoms with Crippen LogP contribution < -0.4 is 9.47 Å². The largest absolute Gasteiger partial charge is 0.493 e. The summed E-state index contributed by atoms with van der Waals surface area (Å²) in [6.45, 7) is 5.49. The van der Waals surface area contributed by atoms with Crippen molar-refractivity contribution in [2.75, 3.05) is 33.9 Å². The molecule has 0 saturated carbocycles. The fourth-order valence-corrected chi connectivity index (χ4v) is 4.42. The van der Waals surface area contributed by atoms with Crippen molar-refractivity contribution in [3.05, 3.63) is 40.3 Å². The van der Waals surface area contributed by atoms with Crippen LogP contribution in [0.4, 0.5) is 0 Å². The van der Waals surface area contributed by atoms with E-state index in [-0.39, 0.29) is 11.5 Å². The molecule has 0 aliphatic carbocycles. The lowest BCUT2D eigenvalue weighted by atomic mass is 9.79. The first-order valence-electron chi connectivity index (χ1n) is 9.60. The zero-order chi connectivity index (χ0) is 19.9. The van der Waals surface area contributed by atoms with Crippen LogP contribution in [0.3, 0.4) is 0 Å². The number of carbonyl (C=O) groups excluding carboxylic acids is 1. The number of hydrogen-bond acceptors (Lipinski definition) is 6. The minimum atomic E-state index is -0.386. The number of rotatable bonds is 3. The molecule has 0 radical (unpaired) electrons. The molecule has 1 saturated heterocycles. The van der Waals surface area contributed by atoms with Crippen LogP contribution in [-0.4, -0.2) is 49.9 Å². The lowest BCUT2D eigenvalue weighted by Gasteiger charge is -2.45. The highest BCUT2D eigenvalue weighted by atomic mass is 16.5. The first-order valence-corrected chi connectivity index (χ1v) is 9.60. The average Bonchev–Trinajstić information content (AvgIpc) is 3.05. The van der Waals surface area contributed by atoms with E-state index < -0.39 is 0 Å². The van der Waals surface area contributed by atoms with Crippen molar-refractivity contribution in [3.63, 3.8) is 0 Å². The maximum atomic E-state index is 13.0. The zero-order valence-electron chi connectivity index (χ0n) is 16.8. The highest BCUT2D eigenvalue weighted by Crippen LogP contribution is 2.45. The fraction of sp³-hybridized carbons (Fsp3) is 0.524. The summed E-state index contributed by atoms with van der Waals surface area (Å²) >= 11 is 0. The number of ether oxygens (including phenoxy) is 3. The minimum absolute atomic E-state index is 0.0190. The van der Waals surface area contributed by atoms with E-state index in [4.69, 9.17) is 18.7 Å². The number of piperidine rings is 1. The molecule has 1 aromatic heterocycles. The van der Waals surface area contributed by atoms with E-state index in [0.717, 1.165) is 30.6 Å². The van der Waals surface area contributed by atoms with Gasteiger partial charge in [-0.1, -0.05) is 5.16 Å². The number of benzene rings is 1. The number of carbonyl (C=O) groups is 1. The monoisotopic (exact) mass is 386 g/mol. The van der Waals surface area contributed by atoms with Crippen LogP contribution in [0, 0.1) is 13.8 Å². The summed E-state index contributed by atoms with van der Waals surface area (Å²) in [4.78, 5) is 14.8. The molecular formula is C21H26N2O5. The summed E-state index contributed by atoms with van der Waals surface area (Å²) in [6.07, 6.45) is 2.33. The lowest BCUT2D eigenvalue weighted by Crippen LogP contribution is -2.48. The molecular weight excluding hydrogens is 360 g/mol. The lowest BCUT2D eigenvalue weighted by molar-refractivity contribution is -0.0936. The second kappa shape index (κ2) is 7.13. The molecule has 2 aromatic rings. The quantitative estimate of drug-likeness (QED) is 0.807. The number of aryl methyl sites for hydroxylation is 2. The molecule has 28 heavy (non-hydrogen) atoms. The molecule has 1 amide bonds. The van der Waals surface area contributed by atoms with Gasteiger partial charge in [-0.15, -0.1) is 0 Å². The van der Waals surface area contributed by atoms with Crippen LogP contribution in [0.25, 0.3) is 0 Å². The molecule has 0 unspecified atom stereocenters. The molecule has 4 rings (SSSR count). The molecule has 2 aliphatic rings. The van der Waals surface area contributed by atoms with Gasteiger partial charge in [0.1, 0.15) is 11.3 Å². The van der Waals surface area contributed by atoms with Crippen molar-refractivity contribution in [2.45, 2.75) is 38.7 Å². The molecule has 1 fully saturated rings. The van der Waals surface area contributed by atoms with Gasteiger partial charge in [-0.3, -0.25) is 4.79 Å². The van der Waals surface area contributed by atoms with Crippen molar-refractivity contribution < 1.29 is 23.5 Å². The standard InChI is InChI=1S/C21H26N2O5/c1-13-19(14(2)28-22-13)20(24)23-8-6-21(7-9-23)16-12-18(26-4)17(25-3)11-15(16)5-10-27-21/h11-12H,5-10H2,1-4H3. The van der Waals surface area contributed by atoms with Gasteiger partial charge in [0.2, 0.25) is 0 Å². The topological polar surface area (TPSA) is 74.0 Å². The smallest absolute Gasteiger partial charge is 0.259 e. The second-order valence-corrected chi connectivity index (χ2v) is 7.45. The number of aromatic nitrogens is 1. The zero-order valence-corrected chi connectivity index (χ0v) is 16.8. The van der Waals surface area contributed by atoms with Crippen molar-refractivity contribution >= 4 is 5.91 Å². The third-order valence-corrected chi connectivity index (χ3v) is 5.96. The van der Waals surface area contributed by atoms with Gasteiger partial charge >= 0.3 is 0 Å². The molecule has 0 N–H and O–H groups in total. The maximum Gasteiger partial charge on any atom is 0.259 e. The Kier molecular flexibility index (Phi) is 4.79.